The lowest BCUT2D eigenvalue weighted by Gasteiger charge is -2.35. The zero-order valence-electron chi connectivity index (χ0n) is 11.5. The van der Waals surface area contributed by atoms with Crippen LogP contribution in [0, 0.1) is 11.8 Å². The largest absolute Gasteiger partial charge is 0.349 e. The van der Waals surface area contributed by atoms with Crippen LogP contribution in [-0.4, -0.2) is 16.9 Å². The smallest absolute Gasteiger partial charge is 0.253 e. The summed E-state index contributed by atoms with van der Waals surface area (Å²) in [6.45, 7) is 4.46. The fourth-order valence-corrected chi connectivity index (χ4v) is 3.15. The van der Waals surface area contributed by atoms with Gasteiger partial charge in [0, 0.05) is 18.4 Å². The third kappa shape index (κ3) is 3.47. The lowest BCUT2D eigenvalue weighted by atomic mass is 9.78. The van der Waals surface area contributed by atoms with E-state index in [0.717, 1.165) is 6.42 Å². The summed E-state index contributed by atoms with van der Waals surface area (Å²) in [5.74, 6) is 1.08. The summed E-state index contributed by atoms with van der Waals surface area (Å²) in [6, 6.07) is 1.94. The van der Waals surface area contributed by atoms with Crippen molar-refractivity contribution in [3.8, 4) is 0 Å². The molecule has 2 unspecified atom stereocenters. The predicted octanol–water partition coefficient (Wildman–Crippen LogP) is 3.68. The molecule has 4 heteroatoms. The zero-order chi connectivity index (χ0) is 13.8. The van der Waals surface area contributed by atoms with Crippen LogP contribution in [0.25, 0.3) is 0 Å². The molecule has 1 aliphatic carbocycles. The van der Waals surface area contributed by atoms with Gasteiger partial charge >= 0.3 is 0 Å². The Hall–Kier alpha value is -1.09. The number of hydrogen-bond donors (Lipinski definition) is 1. The Morgan fingerprint density at radius 1 is 1.42 bits per heavy atom. The molecule has 0 aromatic carbocycles. The number of rotatable bonds is 3. The number of halogens is 1. The van der Waals surface area contributed by atoms with E-state index in [1.165, 1.54) is 25.5 Å². The third-order valence-corrected chi connectivity index (χ3v) is 4.31. The van der Waals surface area contributed by atoms with Gasteiger partial charge in [0.05, 0.1) is 10.6 Å². The highest BCUT2D eigenvalue weighted by molar-refractivity contribution is 6.33. The van der Waals surface area contributed by atoms with Gasteiger partial charge in [0.15, 0.2) is 0 Å². The maximum Gasteiger partial charge on any atom is 0.253 e. The van der Waals surface area contributed by atoms with Crippen LogP contribution >= 0.6 is 11.6 Å². The molecular weight excluding hydrogens is 260 g/mol. The van der Waals surface area contributed by atoms with Crippen LogP contribution in [0.4, 0.5) is 0 Å². The fraction of sp³-hybridized carbons (Fsp3) is 0.600. The van der Waals surface area contributed by atoms with E-state index in [9.17, 15) is 4.79 Å². The summed E-state index contributed by atoms with van der Waals surface area (Å²) >= 11 is 6.01. The maximum atomic E-state index is 12.3. The quantitative estimate of drug-likeness (QED) is 0.918. The molecule has 1 heterocycles. The first-order valence-electron chi connectivity index (χ1n) is 7.00. The average molecular weight is 281 g/mol. The molecule has 1 amide bonds. The first-order valence-corrected chi connectivity index (χ1v) is 7.37. The van der Waals surface area contributed by atoms with E-state index in [1.54, 1.807) is 12.3 Å². The summed E-state index contributed by atoms with van der Waals surface area (Å²) in [5, 5.41) is 3.57. The molecule has 2 atom stereocenters. The average Bonchev–Trinajstić information content (AvgIpc) is 2.39. The second-order valence-electron chi connectivity index (χ2n) is 5.63. The van der Waals surface area contributed by atoms with E-state index in [-0.39, 0.29) is 11.9 Å². The molecule has 1 aromatic rings. The Labute approximate surface area is 119 Å². The van der Waals surface area contributed by atoms with Gasteiger partial charge in [-0.2, -0.15) is 0 Å². The maximum absolute atomic E-state index is 12.3. The Morgan fingerprint density at radius 3 is 2.84 bits per heavy atom. The fourth-order valence-electron chi connectivity index (χ4n) is 2.94. The van der Waals surface area contributed by atoms with E-state index in [2.05, 4.69) is 24.1 Å². The van der Waals surface area contributed by atoms with Crippen LogP contribution in [-0.2, 0) is 0 Å². The number of nitrogens with one attached hydrogen (secondary N) is 1. The van der Waals surface area contributed by atoms with Crippen LogP contribution in [0.1, 0.15) is 49.9 Å². The monoisotopic (exact) mass is 280 g/mol. The molecule has 3 nitrogen and oxygen atoms in total. The van der Waals surface area contributed by atoms with Crippen molar-refractivity contribution < 1.29 is 4.79 Å². The second-order valence-corrected chi connectivity index (χ2v) is 6.04. The summed E-state index contributed by atoms with van der Waals surface area (Å²) < 4.78 is 0. The Balaban J connectivity index is 2.07. The molecule has 0 bridgehead atoms. The van der Waals surface area contributed by atoms with Gasteiger partial charge in [-0.05, 0) is 30.7 Å². The van der Waals surface area contributed by atoms with Gasteiger partial charge in [-0.1, -0.05) is 38.3 Å². The molecule has 0 radical (unpaired) electrons. The first kappa shape index (κ1) is 14.3. The molecule has 2 rings (SSSR count). The minimum absolute atomic E-state index is 0.0787. The highest BCUT2D eigenvalue weighted by Gasteiger charge is 2.29. The second kappa shape index (κ2) is 6.38. The van der Waals surface area contributed by atoms with Gasteiger partial charge < -0.3 is 5.32 Å². The number of hydrogen-bond acceptors (Lipinski definition) is 2. The minimum Gasteiger partial charge on any atom is -0.349 e. The van der Waals surface area contributed by atoms with Crippen LogP contribution < -0.4 is 5.32 Å². The van der Waals surface area contributed by atoms with Crippen LogP contribution in [0.5, 0.6) is 0 Å². The number of carbonyl (C=O) groups excluding carboxylic acids is 1. The molecule has 104 valence electrons. The van der Waals surface area contributed by atoms with E-state index >= 15 is 0 Å². The molecular formula is C15H21ClN2O. The first-order chi connectivity index (χ1) is 9.09. The van der Waals surface area contributed by atoms with Gasteiger partial charge in [-0.25, -0.2) is 0 Å². The number of amides is 1. The molecule has 1 saturated carbocycles. The number of carbonyl (C=O) groups is 1. The van der Waals surface area contributed by atoms with Crippen molar-refractivity contribution in [1.82, 2.24) is 10.3 Å². The van der Waals surface area contributed by atoms with Crippen molar-refractivity contribution in [2.24, 2.45) is 11.8 Å². The molecule has 0 spiro atoms. The summed E-state index contributed by atoms with van der Waals surface area (Å²) in [6.07, 6.45) is 7.84. The van der Waals surface area contributed by atoms with Crippen molar-refractivity contribution >= 4 is 17.5 Å². The lowest BCUT2D eigenvalue weighted by Crippen LogP contribution is -2.44. The van der Waals surface area contributed by atoms with E-state index in [1.807, 2.05) is 0 Å². The van der Waals surface area contributed by atoms with Gasteiger partial charge in [0.25, 0.3) is 5.91 Å². The van der Waals surface area contributed by atoms with Gasteiger partial charge in [0.2, 0.25) is 0 Å². The lowest BCUT2D eigenvalue weighted by molar-refractivity contribution is 0.0889. The highest BCUT2D eigenvalue weighted by Crippen LogP contribution is 2.30. The molecule has 1 aromatic heterocycles. The Morgan fingerprint density at radius 2 is 2.16 bits per heavy atom. The van der Waals surface area contributed by atoms with Crippen molar-refractivity contribution in [3.63, 3.8) is 0 Å². The zero-order valence-corrected chi connectivity index (χ0v) is 12.3. The molecule has 1 N–H and O–H groups in total. The van der Waals surface area contributed by atoms with Crippen molar-refractivity contribution in [3.05, 3.63) is 29.0 Å². The van der Waals surface area contributed by atoms with Crippen molar-refractivity contribution in [1.29, 1.82) is 0 Å². The van der Waals surface area contributed by atoms with E-state index in [0.29, 0.717) is 22.4 Å². The molecule has 0 aliphatic heterocycles. The van der Waals surface area contributed by atoms with Gasteiger partial charge in [0.1, 0.15) is 0 Å². The number of nitrogens with zero attached hydrogens (tertiary/aromatic N) is 1. The van der Waals surface area contributed by atoms with Crippen LogP contribution in [0.3, 0.4) is 0 Å². The van der Waals surface area contributed by atoms with Gasteiger partial charge in [-0.3, -0.25) is 9.78 Å². The van der Waals surface area contributed by atoms with Gasteiger partial charge in [-0.15, -0.1) is 0 Å². The summed E-state index contributed by atoms with van der Waals surface area (Å²) in [7, 11) is 0. The number of aromatic nitrogens is 1. The molecule has 1 fully saturated rings. The minimum atomic E-state index is -0.0787. The van der Waals surface area contributed by atoms with Crippen LogP contribution in [0.15, 0.2) is 18.5 Å². The normalized spacial score (nSPS) is 23.4. The van der Waals surface area contributed by atoms with E-state index in [4.69, 9.17) is 11.6 Å². The predicted molar refractivity (Wildman–Crippen MR) is 77.3 cm³/mol. The van der Waals surface area contributed by atoms with E-state index < -0.39 is 0 Å². The SMILES string of the molecule is CC(C)C1CCCCC1NC(=O)c1ccncc1Cl. The molecule has 19 heavy (non-hydrogen) atoms. The number of pyridine rings is 1. The highest BCUT2D eigenvalue weighted by atomic mass is 35.5. The topological polar surface area (TPSA) is 42.0 Å². The Kier molecular flexibility index (Phi) is 4.81. The third-order valence-electron chi connectivity index (χ3n) is 4.01. The summed E-state index contributed by atoms with van der Waals surface area (Å²) in [5.41, 5.74) is 0.518. The van der Waals surface area contributed by atoms with Crippen molar-refractivity contribution in [2.75, 3.05) is 0 Å². The summed E-state index contributed by atoms with van der Waals surface area (Å²) in [4.78, 5) is 16.2. The van der Waals surface area contributed by atoms with Crippen LogP contribution in [0.2, 0.25) is 5.02 Å². The molecule has 1 aliphatic rings. The standard InChI is InChI=1S/C15H21ClN2O/c1-10(2)11-5-3-4-6-14(11)18-15(19)12-7-8-17-9-13(12)16/h7-11,14H,3-6H2,1-2H3,(H,18,19). The molecule has 0 saturated heterocycles. The Bertz CT molecular complexity index is 448. The van der Waals surface area contributed by atoms with Crippen molar-refractivity contribution in [2.45, 2.75) is 45.6 Å².